The SMILES string of the molecule is CC(=O)CCC(=O)NCCS. The fourth-order valence-electron chi connectivity index (χ4n) is 0.573. The predicted molar refractivity (Wildman–Crippen MR) is 46.8 cm³/mol. The van der Waals surface area contributed by atoms with Crippen LogP contribution in [-0.2, 0) is 9.59 Å². The van der Waals surface area contributed by atoms with Gasteiger partial charge >= 0.3 is 0 Å². The van der Waals surface area contributed by atoms with Crippen molar-refractivity contribution >= 4 is 24.3 Å². The van der Waals surface area contributed by atoms with Gasteiger partial charge in [0, 0.05) is 25.1 Å². The number of rotatable bonds is 5. The van der Waals surface area contributed by atoms with Crippen molar-refractivity contribution in [3.63, 3.8) is 0 Å². The van der Waals surface area contributed by atoms with E-state index in [0.29, 0.717) is 25.1 Å². The monoisotopic (exact) mass is 175 g/mol. The van der Waals surface area contributed by atoms with Gasteiger partial charge in [-0.15, -0.1) is 0 Å². The van der Waals surface area contributed by atoms with Gasteiger partial charge in [0.1, 0.15) is 5.78 Å². The second-order valence-electron chi connectivity index (χ2n) is 2.28. The van der Waals surface area contributed by atoms with Crippen molar-refractivity contribution in [2.24, 2.45) is 0 Å². The number of amides is 1. The molecule has 0 aromatic heterocycles. The maximum Gasteiger partial charge on any atom is 0.220 e. The molecule has 1 N–H and O–H groups in total. The normalized spacial score (nSPS) is 9.27. The van der Waals surface area contributed by atoms with Crippen LogP contribution in [0.15, 0.2) is 0 Å². The van der Waals surface area contributed by atoms with Crippen molar-refractivity contribution in [1.29, 1.82) is 0 Å². The van der Waals surface area contributed by atoms with E-state index in [2.05, 4.69) is 17.9 Å². The molecule has 0 saturated heterocycles. The summed E-state index contributed by atoms with van der Waals surface area (Å²) in [5.41, 5.74) is 0. The Hall–Kier alpha value is -0.510. The van der Waals surface area contributed by atoms with Crippen LogP contribution in [0.4, 0.5) is 0 Å². The molecule has 0 rings (SSSR count). The number of carbonyl (C=O) groups is 2. The average molecular weight is 175 g/mol. The number of carbonyl (C=O) groups excluding carboxylic acids is 2. The van der Waals surface area contributed by atoms with Crippen molar-refractivity contribution in [2.45, 2.75) is 19.8 Å². The third-order valence-corrected chi connectivity index (χ3v) is 1.36. The molecule has 0 aliphatic heterocycles. The maximum atomic E-state index is 10.8. The lowest BCUT2D eigenvalue weighted by Gasteiger charge is -2.00. The summed E-state index contributed by atoms with van der Waals surface area (Å²) in [5, 5.41) is 2.62. The first-order chi connectivity index (χ1) is 5.16. The van der Waals surface area contributed by atoms with E-state index in [4.69, 9.17) is 0 Å². The fraction of sp³-hybridized carbons (Fsp3) is 0.714. The lowest BCUT2D eigenvalue weighted by molar-refractivity contribution is -0.124. The Kier molecular flexibility index (Phi) is 5.93. The number of hydrogen-bond acceptors (Lipinski definition) is 3. The van der Waals surface area contributed by atoms with Gasteiger partial charge in [0.25, 0.3) is 0 Å². The predicted octanol–water partition coefficient (Wildman–Crippen LogP) is 0.402. The molecule has 0 saturated carbocycles. The molecule has 1 amide bonds. The van der Waals surface area contributed by atoms with Crippen molar-refractivity contribution in [1.82, 2.24) is 5.32 Å². The standard InChI is InChI=1S/C7H13NO2S/c1-6(9)2-3-7(10)8-4-5-11/h11H,2-5H2,1H3,(H,8,10). The minimum Gasteiger partial charge on any atom is -0.355 e. The molecule has 64 valence electrons. The molecular weight excluding hydrogens is 162 g/mol. The van der Waals surface area contributed by atoms with Crippen LogP contribution in [0.3, 0.4) is 0 Å². The minimum atomic E-state index is -0.0748. The summed E-state index contributed by atoms with van der Waals surface area (Å²) in [5.74, 6) is 0.603. The molecule has 0 unspecified atom stereocenters. The minimum absolute atomic E-state index is 0.0472. The molecule has 0 aromatic rings. The number of nitrogens with one attached hydrogen (secondary N) is 1. The van der Waals surface area contributed by atoms with Crippen molar-refractivity contribution < 1.29 is 9.59 Å². The second-order valence-corrected chi connectivity index (χ2v) is 2.72. The Morgan fingerprint density at radius 1 is 1.36 bits per heavy atom. The molecular formula is C7H13NO2S. The summed E-state index contributed by atoms with van der Waals surface area (Å²) in [4.78, 5) is 21.2. The van der Waals surface area contributed by atoms with Crippen LogP contribution in [0.2, 0.25) is 0 Å². The largest absolute Gasteiger partial charge is 0.355 e. The summed E-state index contributed by atoms with van der Waals surface area (Å²) in [6.45, 7) is 2.05. The lowest BCUT2D eigenvalue weighted by Crippen LogP contribution is -2.25. The maximum absolute atomic E-state index is 10.8. The van der Waals surface area contributed by atoms with E-state index in [0.717, 1.165) is 0 Å². The third kappa shape index (κ3) is 7.39. The molecule has 0 heterocycles. The molecule has 3 nitrogen and oxygen atoms in total. The van der Waals surface area contributed by atoms with E-state index in [1.54, 1.807) is 0 Å². The summed E-state index contributed by atoms with van der Waals surface area (Å²) in [6.07, 6.45) is 0.627. The number of ketones is 1. The molecule has 0 aliphatic carbocycles. The Bertz CT molecular complexity index is 147. The zero-order valence-electron chi connectivity index (χ0n) is 6.59. The first-order valence-electron chi connectivity index (χ1n) is 3.54. The Labute approximate surface area is 72.0 Å². The van der Waals surface area contributed by atoms with Gasteiger partial charge in [-0.1, -0.05) is 0 Å². The number of Topliss-reactive ketones (excluding diaryl/α,β-unsaturated/α-hetero) is 1. The Morgan fingerprint density at radius 2 is 2.00 bits per heavy atom. The highest BCUT2D eigenvalue weighted by molar-refractivity contribution is 7.80. The van der Waals surface area contributed by atoms with Crippen LogP contribution in [0.5, 0.6) is 0 Å². The Morgan fingerprint density at radius 3 is 2.45 bits per heavy atom. The van der Waals surface area contributed by atoms with Gasteiger partial charge in [-0.05, 0) is 6.92 Å². The van der Waals surface area contributed by atoms with E-state index >= 15 is 0 Å². The Balaban J connectivity index is 3.30. The van der Waals surface area contributed by atoms with E-state index in [-0.39, 0.29) is 11.7 Å². The highest BCUT2D eigenvalue weighted by atomic mass is 32.1. The van der Waals surface area contributed by atoms with Gasteiger partial charge in [-0.25, -0.2) is 0 Å². The van der Waals surface area contributed by atoms with Gasteiger partial charge in [0.05, 0.1) is 0 Å². The molecule has 11 heavy (non-hydrogen) atoms. The van der Waals surface area contributed by atoms with Crippen molar-refractivity contribution in [3.8, 4) is 0 Å². The quantitative estimate of drug-likeness (QED) is 0.594. The molecule has 0 fully saturated rings. The van der Waals surface area contributed by atoms with E-state index in [9.17, 15) is 9.59 Å². The summed E-state index contributed by atoms with van der Waals surface area (Å²) in [7, 11) is 0. The fourth-order valence-corrected chi connectivity index (χ4v) is 0.685. The zero-order chi connectivity index (χ0) is 8.69. The van der Waals surface area contributed by atoms with Crippen LogP contribution in [0, 0.1) is 0 Å². The number of thiol groups is 1. The first-order valence-corrected chi connectivity index (χ1v) is 4.17. The average Bonchev–Trinajstić information content (AvgIpc) is 1.97. The third-order valence-electron chi connectivity index (χ3n) is 1.14. The molecule has 0 radical (unpaired) electrons. The van der Waals surface area contributed by atoms with Gasteiger partial charge in [-0.3, -0.25) is 4.79 Å². The molecule has 0 bridgehead atoms. The van der Waals surface area contributed by atoms with Gasteiger partial charge in [-0.2, -0.15) is 12.6 Å². The van der Waals surface area contributed by atoms with E-state index in [1.807, 2.05) is 0 Å². The lowest BCUT2D eigenvalue weighted by atomic mass is 10.2. The summed E-state index contributed by atoms with van der Waals surface area (Å²) in [6, 6.07) is 0. The zero-order valence-corrected chi connectivity index (χ0v) is 7.49. The topological polar surface area (TPSA) is 46.2 Å². The van der Waals surface area contributed by atoms with Crippen LogP contribution < -0.4 is 5.32 Å². The smallest absolute Gasteiger partial charge is 0.220 e. The van der Waals surface area contributed by atoms with Crippen LogP contribution in [0.25, 0.3) is 0 Å². The highest BCUT2D eigenvalue weighted by Crippen LogP contribution is 1.89. The van der Waals surface area contributed by atoms with E-state index < -0.39 is 0 Å². The van der Waals surface area contributed by atoms with Crippen molar-refractivity contribution in [2.75, 3.05) is 12.3 Å². The van der Waals surface area contributed by atoms with Crippen LogP contribution in [-0.4, -0.2) is 24.0 Å². The summed E-state index contributed by atoms with van der Waals surface area (Å²) >= 11 is 3.92. The second kappa shape index (κ2) is 6.22. The van der Waals surface area contributed by atoms with Gasteiger partial charge in [0.15, 0.2) is 0 Å². The van der Waals surface area contributed by atoms with Gasteiger partial charge < -0.3 is 10.1 Å². The van der Waals surface area contributed by atoms with E-state index in [1.165, 1.54) is 6.92 Å². The molecule has 4 heteroatoms. The van der Waals surface area contributed by atoms with Crippen LogP contribution >= 0.6 is 12.6 Å². The highest BCUT2D eigenvalue weighted by Gasteiger charge is 2.00. The van der Waals surface area contributed by atoms with Crippen molar-refractivity contribution in [3.05, 3.63) is 0 Å². The molecule has 0 aliphatic rings. The van der Waals surface area contributed by atoms with Crippen LogP contribution in [0.1, 0.15) is 19.8 Å². The first kappa shape index (κ1) is 10.5. The molecule has 0 aromatic carbocycles. The molecule has 0 spiro atoms. The summed E-state index contributed by atoms with van der Waals surface area (Å²) < 4.78 is 0. The molecule has 0 atom stereocenters. The number of hydrogen-bond donors (Lipinski definition) is 2. The van der Waals surface area contributed by atoms with Gasteiger partial charge in [0.2, 0.25) is 5.91 Å².